The number of nitrogens with zero attached hydrogens (tertiary/aromatic N) is 1. The van der Waals surface area contributed by atoms with Gasteiger partial charge in [0.15, 0.2) is 0 Å². The van der Waals surface area contributed by atoms with Gasteiger partial charge in [-0.3, -0.25) is 14.5 Å². The number of alkyl carbamates (subject to hydrolysis) is 2. The number of aliphatic hydroxyl groups is 1. The molecule has 5 N–H and O–H groups in total. The summed E-state index contributed by atoms with van der Waals surface area (Å²) in [6.07, 6.45) is 3.66. The second kappa shape index (κ2) is 15.7. The summed E-state index contributed by atoms with van der Waals surface area (Å²) < 4.78 is 10.6. The highest BCUT2D eigenvalue weighted by Gasteiger charge is 2.37. The Balaban J connectivity index is 0.000000217. The molecular formula is C40H47N5O7. The summed E-state index contributed by atoms with van der Waals surface area (Å²) in [7, 11) is 0. The fourth-order valence-electron chi connectivity index (χ4n) is 6.03. The maximum absolute atomic E-state index is 12.8. The van der Waals surface area contributed by atoms with Gasteiger partial charge >= 0.3 is 12.2 Å². The van der Waals surface area contributed by atoms with Crippen molar-refractivity contribution in [1.29, 1.82) is 0 Å². The Morgan fingerprint density at radius 3 is 1.52 bits per heavy atom. The number of benzene rings is 3. The van der Waals surface area contributed by atoms with E-state index in [0.29, 0.717) is 24.0 Å². The Morgan fingerprint density at radius 2 is 1.08 bits per heavy atom. The van der Waals surface area contributed by atoms with Crippen LogP contribution in [0.4, 0.5) is 9.59 Å². The molecule has 2 atom stereocenters. The summed E-state index contributed by atoms with van der Waals surface area (Å²) in [5.74, 6) is -0.703. The third-order valence-electron chi connectivity index (χ3n) is 8.23. The Hall–Kier alpha value is -5.62. The number of para-hydroxylation sites is 2. The first-order valence-corrected chi connectivity index (χ1v) is 17.3. The molecule has 3 aromatic carbocycles. The minimum atomic E-state index is -0.662. The second-order valence-electron chi connectivity index (χ2n) is 14.8. The average Bonchev–Trinajstić information content (AvgIpc) is 3.74. The predicted molar refractivity (Wildman–Crippen MR) is 199 cm³/mol. The smallest absolute Gasteiger partial charge is 0.407 e. The minimum Gasteiger partial charge on any atom is -0.444 e. The third kappa shape index (κ3) is 9.58. The highest BCUT2D eigenvalue weighted by atomic mass is 16.6. The Labute approximate surface area is 302 Å². The number of H-pyrrole nitrogens is 2. The first-order chi connectivity index (χ1) is 24.6. The van der Waals surface area contributed by atoms with Crippen molar-refractivity contribution in [2.75, 3.05) is 13.2 Å². The van der Waals surface area contributed by atoms with Crippen LogP contribution in [0.25, 0.3) is 21.8 Å². The van der Waals surface area contributed by atoms with E-state index in [4.69, 9.17) is 9.47 Å². The second-order valence-corrected chi connectivity index (χ2v) is 14.8. The number of amides is 4. The van der Waals surface area contributed by atoms with Gasteiger partial charge in [-0.05, 0) is 89.8 Å². The summed E-state index contributed by atoms with van der Waals surface area (Å²) in [5.41, 5.74) is 3.62. The van der Waals surface area contributed by atoms with E-state index in [1.807, 2.05) is 60.9 Å². The number of aliphatic hydroxyl groups excluding tert-OH is 1. The predicted octanol–water partition coefficient (Wildman–Crippen LogP) is 6.50. The van der Waals surface area contributed by atoms with Gasteiger partial charge in [0.25, 0.3) is 11.8 Å². The SMILES string of the molecule is CC(C)(C)OC(=O)N[C@@H](CO)Cc1c[nH]c2ccccc12.CC(C)(C)OC(=O)N[C@H](Cc1c[nH]c2ccccc12)CN1C(=O)c2ccccc2C1=O. The summed E-state index contributed by atoms with van der Waals surface area (Å²) >= 11 is 0. The number of hydrogen-bond acceptors (Lipinski definition) is 7. The Kier molecular flexibility index (Phi) is 11.4. The molecule has 0 bridgehead atoms. The molecule has 52 heavy (non-hydrogen) atoms. The topological polar surface area (TPSA) is 166 Å². The van der Waals surface area contributed by atoms with E-state index in [-0.39, 0.29) is 31.0 Å². The number of aromatic nitrogens is 2. The van der Waals surface area contributed by atoms with Gasteiger partial charge in [-0.2, -0.15) is 0 Å². The first-order valence-electron chi connectivity index (χ1n) is 17.3. The Morgan fingerprint density at radius 1 is 0.673 bits per heavy atom. The van der Waals surface area contributed by atoms with Crippen LogP contribution in [0.3, 0.4) is 0 Å². The fraction of sp³-hybridized carbons (Fsp3) is 0.350. The first kappa shape index (κ1) is 37.6. The molecule has 4 amide bonds. The molecule has 0 unspecified atom stereocenters. The van der Waals surface area contributed by atoms with E-state index in [1.165, 1.54) is 4.90 Å². The highest BCUT2D eigenvalue weighted by Crippen LogP contribution is 2.25. The van der Waals surface area contributed by atoms with Crippen molar-refractivity contribution >= 4 is 45.8 Å². The van der Waals surface area contributed by atoms with Crippen LogP contribution in [0.2, 0.25) is 0 Å². The van der Waals surface area contributed by atoms with E-state index in [9.17, 15) is 24.3 Å². The zero-order chi connectivity index (χ0) is 37.6. The number of ether oxygens (including phenoxy) is 2. The molecule has 0 saturated heterocycles. The molecule has 1 aliphatic rings. The van der Waals surface area contributed by atoms with Crippen molar-refractivity contribution in [2.45, 2.75) is 77.7 Å². The van der Waals surface area contributed by atoms with Gasteiger partial charge in [-0.1, -0.05) is 48.5 Å². The van der Waals surface area contributed by atoms with Crippen molar-refractivity contribution in [2.24, 2.45) is 0 Å². The van der Waals surface area contributed by atoms with Crippen LogP contribution in [0.1, 0.15) is 73.4 Å². The normalized spacial score (nSPS) is 14.0. The molecule has 12 heteroatoms. The van der Waals surface area contributed by atoms with Gasteiger partial charge in [0.2, 0.25) is 0 Å². The number of carbonyl (C=O) groups excluding carboxylic acids is 4. The van der Waals surface area contributed by atoms with Gasteiger partial charge in [-0.15, -0.1) is 0 Å². The number of hydrogen-bond donors (Lipinski definition) is 5. The molecule has 0 spiro atoms. The summed E-state index contributed by atoms with van der Waals surface area (Å²) in [4.78, 5) is 57.5. The largest absolute Gasteiger partial charge is 0.444 e. The molecule has 6 rings (SSSR count). The molecule has 5 aromatic rings. The maximum atomic E-state index is 12.8. The van der Waals surface area contributed by atoms with Gasteiger partial charge < -0.3 is 35.2 Å². The van der Waals surface area contributed by atoms with Crippen molar-refractivity contribution in [3.8, 4) is 0 Å². The molecule has 0 aliphatic carbocycles. The number of imide groups is 1. The lowest BCUT2D eigenvalue weighted by molar-refractivity contribution is 0.0466. The molecule has 274 valence electrons. The van der Waals surface area contributed by atoms with Gasteiger partial charge in [0.1, 0.15) is 11.2 Å². The standard InChI is InChI=1S/C24H25N3O4.C16H22N2O3/c1-24(2,3)31-23(30)26-16(12-15-13-25-20-11-7-6-8-17(15)20)14-27-21(28)18-9-4-5-10-19(18)22(27)29;1-16(2,3)21-15(20)18-12(10-19)8-11-9-17-14-7-5-4-6-13(11)14/h4-11,13,16,25H,12,14H2,1-3H3,(H,26,30);4-7,9,12,17,19H,8,10H2,1-3H3,(H,18,20)/t16-;12-/m11/s1. The van der Waals surface area contributed by atoms with Crippen LogP contribution in [-0.4, -0.2) is 80.4 Å². The van der Waals surface area contributed by atoms with E-state index in [0.717, 1.165) is 32.9 Å². The highest BCUT2D eigenvalue weighted by molar-refractivity contribution is 6.21. The average molecular weight is 710 g/mol. The number of aromatic amines is 2. The quantitative estimate of drug-likeness (QED) is 0.109. The molecule has 2 aromatic heterocycles. The van der Waals surface area contributed by atoms with E-state index in [2.05, 4.69) is 20.6 Å². The Bertz CT molecular complexity index is 2020. The summed E-state index contributed by atoms with van der Waals surface area (Å²) in [5, 5.41) is 17.1. The van der Waals surface area contributed by atoms with Gasteiger partial charge in [0, 0.05) is 34.2 Å². The van der Waals surface area contributed by atoms with E-state index in [1.54, 1.807) is 65.8 Å². The summed E-state index contributed by atoms with van der Waals surface area (Å²) in [6, 6.07) is 21.7. The lowest BCUT2D eigenvalue weighted by Gasteiger charge is -2.26. The molecule has 3 heterocycles. The maximum Gasteiger partial charge on any atom is 0.407 e. The van der Waals surface area contributed by atoms with Crippen molar-refractivity contribution in [3.05, 3.63) is 107 Å². The molecule has 1 aliphatic heterocycles. The molecule has 0 radical (unpaired) electrons. The molecule has 0 saturated carbocycles. The van der Waals surface area contributed by atoms with E-state index < -0.39 is 29.4 Å². The lowest BCUT2D eigenvalue weighted by Crippen LogP contribution is -2.48. The van der Waals surface area contributed by atoms with E-state index >= 15 is 0 Å². The number of rotatable bonds is 9. The monoisotopic (exact) mass is 709 g/mol. The van der Waals surface area contributed by atoms with Crippen molar-refractivity contribution < 1.29 is 33.8 Å². The minimum absolute atomic E-state index is 0.0467. The molecular weight excluding hydrogens is 662 g/mol. The zero-order valence-corrected chi connectivity index (χ0v) is 30.4. The van der Waals surface area contributed by atoms with Crippen LogP contribution >= 0.6 is 0 Å². The van der Waals surface area contributed by atoms with Crippen LogP contribution in [-0.2, 0) is 22.3 Å². The van der Waals surface area contributed by atoms with Crippen LogP contribution in [0, 0.1) is 0 Å². The van der Waals surface area contributed by atoms with Gasteiger partial charge in [-0.25, -0.2) is 9.59 Å². The molecule has 12 nitrogen and oxygen atoms in total. The number of carbonyl (C=O) groups is 4. The molecule has 0 fully saturated rings. The van der Waals surface area contributed by atoms with Crippen LogP contribution in [0.5, 0.6) is 0 Å². The number of fused-ring (bicyclic) bond motifs is 3. The third-order valence-corrected chi connectivity index (χ3v) is 8.23. The van der Waals surface area contributed by atoms with Crippen LogP contribution in [0.15, 0.2) is 85.2 Å². The fourth-order valence-corrected chi connectivity index (χ4v) is 6.03. The van der Waals surface area contributed by atoms with Crippen LogP contribution < -0.4 is 10.6 Å². The zero-order valence-electron chi connectivity index (χ0n) is 30.4. The number of nitrogens with one attached hydrogen (secondary N) is 4. The van der Waals surface area contributed by atoms with Gasteiger partial charge in [0.05, 0.1) is 36.4 Å². The summed E-state index contributed by atoms with van der Waals surface area (Å²) in [6.45, 7) is 10.7. The lowest BCUT2D eigenvalue weighted by atomic mass is 10.0. The van der Waals surface area contributed by atoms with Crippen molar-refractivity contribution in [1.82, 2.24) is 25.5 Å². The van der Waals surface area contributed by atoms with Crippen molar-refractivity contribution in [3.63, 3.8) is 0 Å².